The normalized spacial score (nSPS) is 14.7. The molecule has 1 fully saturated rings. The Labute approximate surface area is 226 Å². The molecule has 9 nitrogen and oxygen atoms in total. The molecule has 0 radical (unpaired) electrons. The van der Waals surface area contributed by atoms with E-state index < -0.39 is 4.92 Å². The lowest BCUT2D eigenvalue weighted by Gasteiger charge is -2.26. The molecule has 1 saturated heterocycles. The van der Waals surface area contributed by atoms with Crippen molar-refractivity contribution in [1.82, 2.24) is 15.2 Å². The van der Waals surface area contributed by atoms with E-state index in [9.17, 15) is 14.9 Å². The van der Waals surface area contributed by atoms with Gasteiger partial charge in [-0.25, -0.2) is 0 Å². The van der Waals surface area contributed by atoms with Crippen molar-refractivity contribution in [2.75, 3.05) is 39.4 Å². The van der Waals surface area contributed by atoms with Crippen molar-refractivity contribution in [2.24, 2.45) is 0 Å². The summed E-state index contributed by atoms with van der Waals surface area (Å²) in [7, 11) is 0. The van der Waals surface area contributed by atoms with E-state index in [-0.39, 0.29) is 23.9 Å². The molecule has 202 valence electrons. The molecule has 1 amide bonds. The Morgan fingerprint density at radius 1 is 1.08 bits per heavy atom. The minimum Gasteiger partial charge on any atom is -0.489 e. The van der Waals surface area contributed by atoms with Crippen molar-refractivity contribution in [2.45, 2.75) is 18.9 Å². The van der Waals surface area contributed by atoms with Crippen molar-refractivity contribution < 1.29 is 19.2 Å². The number of non-ortho nitro benzene ring substituents is 1. The van der Waals surface area contributed by atoms with E-state index in [0.717, 1.165) is 47.2 Å². The first-order valence-corrected chi connectivity index (χ1v) is 13.2. The molecule has 1 aromatic heterocycles. The van der Waals surface area contributed by atoms with Crippen molar-refractivity contribution in [3.05, 3.63) is 106 Å². The Morgan fingerprint density at radius 3 is 2.69 bits per heavy atom. The number of aromatic amines is 1. The predicted molar refractivity (Wildman–Crippen MR) is 149 cm³/mol. The van der Waals surface area contributed by atoms with E-state index in [2.05, 4.69) is 15.2 Å². The van der Waals surface area contributed by atoms with Crippen molar-refractivity contribution in [1.29, 1.82) is 0 Å². The predicted octanol–water partition coefficient (Wildman–Crippen LogP) is 4.63. The van der Waals surface area contributed by atoms with E-state index >= 15 is 0 Å². The molecule has 5 rings (SSSR count). The molecular formula is C30H32N4O5. The average Bonchev–Trinajstić information content (AvgIpc) is 3.39. The summed E-state index contributed by atoms with van der Waals surface area (Å²) in [5, 5.41) is 15.3. The number of fused-ring (bicyclic) bond motifs is 1. The quantitative estimate of drug-likeness (QED) is 0.217. The number of carbonyl (C=O) groups is 1. The number of H-pyrrole nitrogens is 1. The standard InChI is InChI=1S/C30H32N4O5/c35-30(31-11-12-33-13-15-38-16-14-33)19-26(28-20-32-29-10-9-24(34(36)37)18-27(28)29)23-7-4-8-25(17-23)39-21-22-5-2-1-3-6-22/h1-10,17-18,20,26,32H,11-16,19,21H2,(H,31,35). The smallest absolute Gasteiger partial charge is 0.270 e. The molecule has 2 heterocycles. The van der Waals surface area contributed by atoms with Gasteiger partial charge in [-0.2, -0.15) is 0 Å². The first-order chi connectivity index (χ1) is 19.1. The monoisotopic (exact) mass is 528 g/mol. The summed E-state index contributed by atoms with van der Waals surface area (Å²) < 4.78 is 11.5. The summed E-state index contributed by atoms with van der Waals surface area (Å²) in [6.45, 7) is 4.89. The highest BCUT2D eigenvalue weighted by Gasteiger charge is 2.23. The van der Waals surface area contributed by atoms with Gasteiger partial charge in [-0.15, -0.1) is 0 Å². The van der Waals surface area contributed by atoms with Crippen LogP contribution in [-0.4, -0.2) is 60.1 Å². The second kappa shape index (κ2) is 12.6. The van der Waals surface area contributed by atoms with Crippen LogP contribution in [0.3, 0.4) is 0 Å². The summed E-state index contributed by atoms with van der Waals surface area (Å²) in [6.07, 6.45) is 2.04. The van der Waals surface area contributed by atoms with E-state index in [1.54, 1.807) is 12.1 Å². The second-order valence-corrected chi connectivity index (χ2v) is 9.64. The maximum Gasteiger partial charge on any atom is 0.270 e. The molecule has 4 aromatic rings. The number of morpholine rings is 1. The molecular weight excluding hydrogens is 496 g/mol. The summed E-state index contributed by atoms with van der Waals surface area (Å²) >= 11 is 0. The lowest BCUT2D eigenvalue weighted by atomic mass is 9.87. The molecule has 0 aliphatic carbocycles. The minimum absolute atomic E-state index is 0.0111. The molecule has 0 spiro atoms. The zero-order valence-electron chi connectivity index (χ0n) is 21.7. The van der Waals surface area contributed by atoms with Crippen LogP contribution in [-0.2, 0) is 16.1 Å². The van der Waals surface area contributed by atoms with Crippen LogP contribution < -0.4 is 10.1 Å². The average molecular weight is 529 g/mol. The second-order valence-electron chi connectivity index (χ2n) is 9.64. The van der Waals surface area contributed by atoms with E-state index in [0.29, 0.717) is 32.1 Å². The number of aromatic nitrogens is 1. The van der Waals surface area contributed by atoms with Gasteiger partial charge in [0.1, 0.15) is 12.4 Å². The Morgan fingerprint density at radius 2 is 1.90 bits per heavy atom. The van der Waals surface area contributed by atoms with Crippen LogP contribution in [0.4, 0.5) is 5.69 Å². The minimum atomic E-state index is -0.401. The van der Waals surface area contributed by atoms with Gasteiger partial charge in [-0.05, 0) is 34.9 Å². The molecule has 9 heteroatoms. The fourth-order valence-corrected chi connectivity index (χ4v) is 4.94. The number of rotatable bonds is 11. The third-order valence-electron chi connectivity index (χ3n) is 7.04. The van der Waals surface area contributed by atoms with Gasteiger partial charge in [-0.1, -0.05) is 42.5 Å². The highest BCUT2D eigenvalue weighted by atomic mass is 16.6. The largest absolute Gasteiger partial charge is 0.489 e. The highest BCUT2D eigenvalue weighted by Crippen LogP contribution is 2.36. The van der Waals surface area contributed by atoms with Gasteiger partial charge in [0.25, 0.3) is 5.69 Å². The maximum absolute atomic E-state index is 13.2. The van der Waals surface area contributed by atoms with Crippen LogP contribution in [0.15, 0.2) is 79.0 Å². The van der Waals surface area contributed by atoms with E-state index in [4.69, 9.17) is 9.47 Å². The van der Waals surface area contributed by atoms with Crippen LogP contribution in [0.5, 0.6) is 5.75 Å². The van der Waals surface area contributed by atoms with Gasteiger partial charge in [-0.3, -0.25) is 19.8 Å². The molecule has 39 heavy (non-hydrogen) atoms. The van der Waals surface area contributed by atoms with Gasteiger partial charge in [0.05, 0.1) is 18.1 Å². The fraction of sp³-hybridized carbons (Fsp3) is 0.300. The number of carbonyl (C=O) groups excluding carboxylic acids is 1. The number of benzene rings is 3. The zero-order chi connectivity index (χ0) is 27.0. The lowest BCUT2D eigenvalue weighted by Crippen LogP contribution is -2.41. The van der Waals surface area contributed by atoms with Crippen LogP contribution in [0.2, 0.25) is 0 Å². The highest BCUT2D eigenvalue weighted by molar-refractivity contribution is 5.87. The first-order valence-electron chi connectivity index (χ1n) is 13.2. The number of amides is 1. The summed E-state index contributed by atoms with van der Waals surface area (Å²) in [4.78, 5) is 29.7. The Kier molecular flexibility index (Phi) is 8.50. The van der Waals surface area contributed by atoms with Gasteiger partial charge < -0.3 is 19.8 Å². The molecule has 0 bridgehead atoms. The van der Waals surface area contributed by atoms with Crippen molar-refractivity contribution in [3.8, 4) is 5.75 Å². The van der Waals surface area contributed by atoms with Gasteiger partial charge in [0.15, 0.2) is 0 Å². The zero-order valence-corrected chi connectivity index (χ0v) is 21.7. The number of nitro benzene ring substituents is 1. The van der Waals surface area contributed by atoms with Crippen LogP contribution in [0.25, 0.3) is 10.9 Å². The van der Waals surface area contributed by atoms with Crippen LogP contribution >= 0.6 is 0 Å². The number of ether oxygens (including phenoxy) is 2. The number of hydrogen-bond acceptors (Lipinski definition) is 6. The molecule has 1 aliphatic heterocycles. The third-order valence-corrected chi connectivity index (χ3v) is 7.04. The van der Waals surface area contributed by atoms with E-state index in [1.165, 1.54) is 6.07 Å². The molecule has 1 atom stereocenters. The molecule has 2 N–H and O–H groups in total. The van der Waals surface area contributed by atoms with Crippen molar-refractivity contribution >= 4 is 22.5 Å². The lowest BCUT2D eigenvalue weighted by molar-refractivity contribution is -0.384. The summed E-state index contributed by atoms with van der Waals surface area (Å²) in [6, 6.07) is 22.4. The number of nitrogens with zero attached hydrogens (tertiary/aromatic N) is 2. The number of hydrogen-bond donors (Lipinski definition) is 2. The number of nitrogens with one attached hydrogen (secondary N) is 2. The van der Waals surface area contributed by atoms with Crippen LogP contribution in [0.1, 0.15) is 29.0 Å². The number of nitro groups is 1. The first kappa shape index (κ1) is 26.4. The molecule has 0 saturated carbocycles. The maximum atomic E-state index is 13.2. The Bertz CT molecular complexity index is 1420. The fourth-order valence-electron chi connectivity index (χ4n) is 4.94. The summed E-state index contributed by atoms with van der Waals surface area (Å²) in [5.41, 5.74) is 3.58. The van der Waals surface area contributed by atoms with Gasteiger partial charge >= 0.3 is 0 Å². The Hall–Kier alpha value is -4.21. The third kappa shape index (κ3) is 6.81. The van der Waals surface area contributed by atoms with Gasteiger partial charge in [0, 0.05) is 67.8 Å². The summed E-state index contributed by atoms with van der Waals surface area (Å²) in [5.74, 6) is 0.285. The van der Waals surface area contributed by atoms with Crippen molar-refractivity contribution in [3.63, 3.8) is 0 Å². The Balaban J connectivity index is 1.38. The molecule has 1 aliphatic rings. The van der Waals surface area contributed by atoms with Gasteiger partial charge in [0.2, 0.25) is 5.91 Å². The molecule has 3 aromatic carbocycles. The van der Waals surface area contributed by atoms with Crippen LogP contribution in [0, 0.1) is 10.1 Å². The van der Waals surface area contributed by atoms with E-state index in [1.807, 2.05) is 60.8 Å². The molecule has 1 unspecified atom stereocenters. The topological polar surface area (TPSA) is 110 Å². The SMILES string of the molecule is O=C(CC(c1cccc(OCc2ccccc2)c1)c1c[nH]c2ccc([N+](=O)[O-])cc12)NCCN1CCOCC1.